The Balaban J connectivity index is 3.74. The van der Waals surface area contributed by atoms with E-state index in [4.69, 9.17) is 0 Å². The topological polar surface area (TPSA) is 0 Å². The van der Waals surface area contributed by atoms with E-state index in [1.54, 1.807) is 0 Å². The Morgan fingerprint density at radius 1 is 0.800 bits per heavy atom. The third-order valence-corrected chi connectivity index (χ3v) is 3.63. The van der Waals surface area contributed by atoms with Gasteiger partial charge in [0.2, 0.25) is 0 Å². The van der Waals surface area contributed by atoms with Gasteiger partial charge in [0.25, 0.3) is 0 Å². The van der Waals surface area contributed by atoms with Crippen LogP contribution in [0.5, 0.6) is 0 Å². The van der Waals surface area contributed by atoms with Crippen molar-refractivity contribution in [3.63, 3.8) is 0 Å². The summed E-state index contributed by atoms with van der Waals surface area (Å²) in [7, 11) is 0. The maximum atomic E-state index is 2.44. The van der Waals surface area contributed by atoms with E-state index < -0.39 is 0 Å². The average molecular weight is 212 g/mol. The Morgan fingerprint density at radius 2 is 1.40 bits per heavy atom. The molecule has 0 heteroatoms. The van der Waals surface area contributed by atoms with Gasteiger partial charge < -0.3 is 0 Å². The van der Waals surface area contributed by atoms with Gasteiger partial charge in [0.15, 0.2) is 0 Å². The summed E-state index contributed by atoms with van der Waals surface area (Å²) >= 11 is 0. The first-order valence-electron chi connectivity index (χ1n) is 6.97. The second kappa shape index (κ2) is 8.19. The van der Waals surface area contributed by atoms with Gasteiger partial charge in [0, 0.05) is 0 Å². The predicted molar refractivity (Wildman–Crippen MR) is 71.1 cm³/mol. The molecule has 0 spiro atoms. The highest BCUT2D eigenvalue weighted by molar-refractivity contribution is 4.66. The van der Waals surface area contributed by atoms with Crippen LogP contribution in [-0.4, -0.2) is 0 Å². The zero-order valence-corrected chi connectivity index (χ0v) is 11.8. The first kappa shape index (κ1) is 15.0. The van der Waals surface area contributed by atoms with Crippen LogP contribution in [0.15, 0.2) is 0 Å². The Labute approximate surface area is 97.8 Å². The second-order valence-corrected chi connectivity index (χ2v) is 6.07. The monoisotopic (exact) mass is 212 g/mol. The molecule has 0 heterocycles. The first-order valence-corrected chi connectivity index (χ1v) is 6.97. The summed E-state index contributed by atoms with van der Waals surface area (Å²) in [6, 6.07) is 0. The molecule has 3 unspecified atom stereocenters. The van der Waals surface area contributed by atoms with Gasteiger partial charge in [0.1, 0.15) is 0 Å². The summed E-state index contributed by atoms with van der Waals surface area (Å²) in [6.07, 6.45) is 6.99. The molecule has 0 amide bonds. The first-order chi connectivity index (χ1) is 6.97. The van der Waals surface area contributed by atoms with Crippen molar-refractivity contribution < 1.29 is 0 Å². The lowest BCUT2D eigenvalue weighted by Gasteiger charge is -2.24. The standard InChI is InChI=1S/C15H32/c1-7-8-9-14(5)15(6)11-13(4)10-12(2)3/h12-15H,7-11H2,1-6H3. The fraction of sp³-hybridized carbons (Fsp3) is 1.00. The van der Waals surface area contributed by atoms with E-state index in [1.165, 1.54) is 32.1 Å². The maximum Gasteiger partial charge on any atom is -0.0414 e. The Kier molecular flexibility index (Phi) is 8.19. The van der Waals surface area contributed by atoms with Gasteiger partial charge >= 0.3 is 0 Å². The molecule has 0 fully saturated rings. The lowest BCUT2D eigenvalue weighted by atomic mass is 9.82. The molecule has 0 radical (unpaired) electrons. The van der Waals surface area contributed by atoms with Crippen molar-refractivity contribution in [2.75, 3.05) is 0 Å². The van der Waals surface area contributed by atoms with Crippen molar-refractivity contribution in [2.24, 2.45) is 23.7 Å². The Bertz CT molecular complexity index is 137. The van der Waals surface area contributed by atoms with Crippen molar-refractivity contribution in [1.29, 1.82) is 0 Å². The molecule has 0 aliphatic heterocycles. The average Bonchev–Trinajstić information content (AvgIpc) is 2.12. The molecule has 0 saturated heterocycles. The van der Waals surface area contributed by atoms with E-state index in [9.17, 15) is 0 Å². The Morgan fingerprint density at radius 3 is 1.87 bits per heavy atom. The third kappa shape index (κ3) is 7.88. The fourth-order valence-corrected chi connectivity index (χ4v) is 2.58. The maximum absolute atomic E-state index is 2.44. The second-order valence-electron chi connectivity index (χ2n) is 6.07. The normalized spacial score (nSPS) is 17.8. The van der Waals surface area contributed by atoms with Crippen LogP contribution in [0.2, 0.25) is 0 Å². The van der Waals surface area contributed by atoms with Crippen molar-refractivity contribution in [2.45, 2.75) is 73.6 Å². The molecular formula is C15H32. The summed E-state index contributed by atoms with van der Waals surface area (Å²) in [5.41, 5.74) is 0. The largest absolute Gasteiger partial charge is 0.0654 e. The summed E-state index contributed by atoms with van der Waals surface area (Å²) in [6.45, 7) is 14.3. The fourth-order valence-electron chi connectivity index (χ4n) is 2.58. The quantitative estimate of drug-likeness (QED) is 0.497. The lowest BCUT2D eigenvalue weighted by molar-refractivity contribution is 0.274. The van der Waals surface area contributed by atoms with Crippen LogP contribution in [0.1, 0.15) is 73.6 Å². The molecule has 0 bridgehead atoms. The van der Waals surface area contributed by atoms with Crippen LogP contribution >= 0.6 is 0 Å². The minimum atomic E-state index is 0.859. The molecule has 0 aromatic carbocycles. The van der Waals surface area contributed by atoms with Crippen LogP contribution in [0, 0.1) is 23.7 Å². The summed E-state index contributed by atoms with van der Waals surface area (Å²) in [4.78, 5) is 0. The van der Waals surface area contributed by atoms with Gasteiger partial charge in [-0.15, -0.1) is 0 Å². The molecule has 0 nitrogen and oxygen atoms in total. The third-order valence-electron chi connectivity index (χ3n) is 3.63. The zero-order valence-electron chi connectivity index (χ0n) is 11.8. The molecule has 92 valence electrons. The summed E-state index contributed by atoms with van der Waals surface area (Å²) in [5, 5.41) is 0. The van der Waals surface area contributed by atoms with Gasteiger partial charge in [-0.3, -0.25) is 0 Å². The van der Waals surface area contributed by atoms with Gasteiger partial charge in [-0.25, -0.2) is 0 Å². The van der Waals surface area contributed by atoms with Gasteiger partial charge in [-0.1, -0.05) is 60.8 Å². The highest BCUT2D eigenvalue weighted by Crippen LogP contribution is 2.27. The minimum Gasteiger partial charge on any atom is -0.0654 e. The number of rotatable bonds is 8. The molecular weight excluding hydrogens is 180 g/mol. The number of hydrogen-bond acceptors (Lipinski definition) is 0. The van der Waals surface area contributed by atoms with E-state index >= 15 is 0 Å². The van der Waals surface area contributed by atoms with Crippen LogP contribution in [0.3, 0.4) is 0 Å². The van der Waals surface area contributed by atoms with Crippen LogP contribution in [-0.2, 0) is 0 Å². The van der Waals surface area contributed by atoms with Crippen LogP contribution in [0.4, 0.5) is 0 Å². The molecule has 15 heavy (non-hydrogen) atoms. The van der Waals surface area contributed by atoms with E-state index in [-0.39, 0.29) is 0 Å². The van der Waals surface area contributed by atoms with Gasteiger partial charge in [0.05, 0.1) is 0 Å². The van der Waals surface area contributed by atoms with Gasteiger partial charge in [-0.05, 0) is 36.5 Å². The lowest BCUT2D eigenvalue weighted by Crippen LogP contribution is -2.13. The molecule has 0 aromatic heterocycles. The SMILES string of the molecule is CCCCC(C)C(C)CC(C)CC(C)C. The van der Waals surface area contributed by atoms with Crippen molar-refractivity contribution in [3.8, 4) is 0 Å². The smallest absolute Gasteiger partial charge is 0.0414 e. The van der Waals surface area contributed by atoms with E-state index in [0.29, 0.717) is 0 Å². The van der Waals surface area contributed by atoms with Crippen LogP contribution in [0.25, 0.3) is 0 Å². The molecule has 3 atom stereocenters. The zero-order chi connectivity index (χ0) is 11.8. The van der Waals surface area contributed by atoms with Crippen LogP contribution < -0.4 is 0 Å². The minimum absolute atomic E-state index is 0.859. The van der Waals surface area contributed by atoms with Crippen molar-refractivity contribution in [1.82, 2.24) is 0 Å². The molecule has 0 rings (SSSR count). The van der Waals surface area contributed by atoms with Gasteiger partial charge in [-0.2, -0.15) is 0 Å². The highest BCUT2D eigenvalue weighted by atomic mass is 14.2. The molecule has 0 aliphatic rings. The van der Waals surface area contributed by atoms with Crippen molar-refractivity contribution in [3.05, 3.63) is 0 Å². The highest BCUT2D eigenvalue weighted by Gasteiger charge is 2.15. The molecule has 0 saturated carbocycles. The summed E-state index contributed by atoms with van der Waals surface area (Å²) < 4.78 is 0. The van der Waals surface area contributed by atoms with E-state index in [0.717, 1.165) is 23.7 Å². The Hall–Kier alpha value is 0. The molecule has 0 aliphatic carbocycles. The predicted octanol–water partition coefficient (Wildman–Crippen LogP) is 5.52. The van der Waals surface area contributed by atoms with E-state index in [2.05, 4.69) is 41.5 Å². The van der Waals surface area contributed by atoms with Crippen molar-refractivity contribution >= 4 is 0 Å². The number of unbranched alkanes of at least 4 members (excludes halogenated alkanes) is 1. The van der Waals surface area contributed by atoms with E-state index in [1.807, 2.05) is 0 Å². The molecule has 0 aromatic rings. The number of hydrogen-bond donors (Lipinski definition) is 0. The summed E-state index contributed by atoms with van der Waals surface area (Å²) in [5.74, 6) is 3.59. The molecule has 0 N–H and O–H groups in total.